The summed E-state index contributed by atoms with van der Waals surface area (Å²) in [5.41, 5.74) is 3.05. The highest BCUT2D eigenvalue weighted by atomic mass is 16.4. The second-order valence-electron chi connectivity index (χ2n) is 6.50. The molecule has 3 rings (SSSR count). The van der Waals surface area contributed by atoms with Gasteiger partial charge in [-0.25, -0.2) is 0 Å². The van der Waals surface area contributed by atoms with Crippen LogP contribution in [0.3, 0.4) is 0 Å². The van der Waals surface area contributed by atoms with Gasteiger partial charge >= 0.3 is 5.97 Å². The highest BCUT2D eigenvalue weighted by Crippen LogP contribution is 2.26. The zero-order chi connectivity index (χ0) is 18.7. The van der Waals surface area contributed by atoms with Crippen LogP contribution >= 0.6 is 0 Å². The monoisotopic (exact) mass is 352 g/mol. The second-order valence-corrected chi connectivity index (χ2v) is 6.50. The third kappa shape index (κ3) is 4.08. The van der Waals surface area contributed by atoms with Crippen molar-refractivity contribution in [2.24, 2.45) is 5.92 Å². The molecule has 0 saturated carbocycles. The summed E-state index contributed by atoms with van der Waals surface area (Å²) < 4.78 is 0. The molecular weight excluding hydrogens is 332 g/mol. The quantitative estimate of drug-likeness (QED) is 0.866. The summed E-state index contributed by atoms with van der Waals surface area (Å²) in [4.78, 5) is 37.2. The molecule has 2 N–H and O–H groups in total. The molecule has 26 heavy (non-hydrogen) atoms. The Morgan fingerprint density at radius 2 is 1.92 bits per heavy atom. The molecule has 1 atom stereocenters. The van der Waals surface area contributed by atoms with Crippen molar-refractivity contribution in [1.29, 1.82) is 0 Å². The lowest BCUT2D eigenvalue weighted by Crippen LogP contribution is -2.28. The van der Waals surface area contributed by atoms with E-state index < -0.39 is 11.9 Å². The maximum Gasteiger partial charge on any atom is 0.307 e. The standard InChI is InChI=1S/C20H20N2O4/c1-13-5-7-17(8-6-13)22-12-15(11-18(22)23)20(26)21-16-4-2-3-14(9-16)10-19(24)25/h2-9,15H,10-12H2,1H3,(H,21,26)(H,24,25). The first kappa shape index (κ1) is 17.7. The van der Waals surface area contributed by atoms with E-state index in [-0.39, 0.29) is 24.7 Å². The fourth-order valence-electron chi connectivity index (χ4n) is 3.04. The highest BCUT2D eigenvalue weighted by molar-refractivity contribution is 6.03. The Morgan fingerprint density at radius 1 is 1.19 bits per heavy atom. The molecule has 0 bridgehead atoms. The largest absolute Gasteiger partial charge is 0.481 e. The van der Waals surface area contributed by atoms with Crippen LogP contribution in [-0.4, -0.2) is 29.4 Å². The van der Waals surface area contributed by atoms with Crippen LogP contribution in [0.15, 0.2) is 48.5 Å². The van der Waals surface area contributed by atoms with E-state index in [0.717, 1.165) is 11.3 Å². The maximum atomic E-state index is 12.5. The summed E-state index contributed by atoms with van der Waals surface area (Å²) in [6.07, 6.45) is 0.0569. The molecule has 6 heteroatoms. The van der Waals surface area contributed by atoms with Crippen LogP contribution in [0.2, 0.25) is 0 Å². The lowest BCUT2D eigenvalue weighted by atomic mass is 10.1. The molecule has 1 heterocycles. The Hall–Kier alpha value is -3.15. The van der Waals surface area contributed by atoms with E-state index in [2.05, 4.69) is 5.32 Å². The molecular formula is C20H20N2O4. The maximum absolute atomic E-state index is 12.5. The average molecular weight is 352 g/mol. The van der Waals surface area contributed by atoms with Gasteiger partial charge in [-0.1, -0.05) is 29.8 Å². The third-order valence-electron chi connectivity index (χ3n) is 4.39. The summed E-state index contributed by atoms with van der Waals surface area (Å²) in [7, 11) is 0. The van der Waals surface area contributed by atoms with Crippen molar-refractivity contribution in [3.8, 4) is 0 Å². The van der Waals surface area contributed by atoms with Gasteiger partial charge in [0.2, 0.25) is 11.8 Å². The number of carboxylic acids is 1. The van der Waals surface area contributed by atoms with Crippen molar-refractivity contribution in [1.82, 2.24) is 0 Å². The second kappa shape index (κ2) is 7.39. The van der Waals surface area contributed by atoms with Crippen LogP contribution in [0.4, 0.5) is 11.4 Å². The molecule has 134 valence electrons. The summed E-state index contributed by atoms with van der Waals surface area (Å²) in [5, 5.41) is 11.7. The van der Waals surface area contributed by atoms with Crippen LogP contribution in [0.1, 0.15) is 17.5 Å². The number of hydrogen-bond donors (Lipinski definition) is 2. The van der Waals surface area contributed by atoms with Crippen LogP contribution in [0, 0.1) is 12.8 Å². The van der Waals surface area contributed by atoms with Crippen LogP contribution in [0.25, 0.3) is 0 Å². The lowest BCUT2D eigenvalue weighted by molar-refractivity contribution is -0.136. The van der Waals surface area contributed by atoms with Gasteiger partial charge in [0, 0.05) is 24.3 Å². The summed E-state index contributed by atoms with van der Waals surface area (Å²) in [6, 6.07) is 14.4. The van der Waals surface area contributed by atoms with Crippen molar-refractivity contribution in [2.75, 3.05) is 16.8 Å². The molecule has 6 nitrogen and oxygen atoms in total. The fourth-order valence-corrected chi connectivity index (χ4v) is 3.04. The molecule has 1 unspecified atom stereocenters. The van der Waals surface area contributed by atoms with E-state index >= 15 is 0 Å². The van der Waals surface area contributed by atoms with Crippen molar-refractivity contribution in [3.63, 3.8) is 0 Å². The number of carboxylic acid groups (broad SMARTS) is 1. The molecule has 1 aliphatic heterocycles. The van der Waals surface area contributed by atoms with Crippen molar-refractivity contribution < 1.29 is 19.5 Å². The number of hydrogen-bond acceptors (Lipinski definition) is 3. The normalized spacial score (nSPS) is 16.6. The van der Waals surface area contributed by atoms with E-state index in [1.807, 2.05) is 31.2 Å². The van der Waals surface area contributed by atoms with Gasteiger partial charge in [0.25, 0.3) is 0 Å². The Balaban J connectivity index is 1.66. The van der Waals surface area contributed by atoms with Gasteiger partial charge in [-0.2, -0.15) is 0 Å². The molecule has 1 fully saturated rings. The first-order valence-corrected chi connectivity index (χ1v) is 8.41. The minimum absolute atomic E-state index is 0.0753. The number of nitrogens with zero attached hydrogens (tertiary/aromatic N) is 1. The van der Waals surface area contributed by atoms with Crippen molar-refractivity contribution in [2.45, 2.75) is 19.8 Å². The predicted molar refractivity (Wildman–Crippen MR) is 98.1 cm³/mol. The minimum atomic E-state index is -0.927. The van der Waals surface area contributed by atoms with Gasteiger partial charge in [-0.05, 0) is 36.8 Å². The Labute approximate surface area is 151 Å². The third-order valence-corrected chi connectivity index (χ3v) is 4.39. The van der Waals surface area contributed by atoms with Gasteiger partial charge < -0.3 is 15.3 Å². The fraction of sp³-hybridized carbons (Fsp3) is 0.250. The molecule has 0 aliphatic carbocycles. The first-order chi connectivity index (χ1) is 12.4. The van der Waals surface area contributed by atoms with Crippen molar-refractivity contribution in [3.05, 3.63) is 59.7 Å². The number of nitrogens with one attached hydrogen (secondary N) is 1. The smallest absolute Gasteiger partial charge is 0.307 e. The van der Waals surface area contributed by atoms with Gasteiger partial charge in [0.15, 0.2) is 0 Å². The molecule has 0 radical (unpaired) electrons. The molecule has 0 aromatic heterocycles. The number of aryl methyl sites for hydroxylation is 1. The number of anilines is 2. The molecule has 1 aliphatic rings. The Kier molecular flexibility index (Phi) is 5.02. The van der Waals surface area contributed by atoms with Crippen LogP contribution in [-0.2, 0) is 20.8 Å². The SMILES string of the molecule is Cc1ccc(N2CC(C(=O)Nc3cccc(CC(=O)O)c3)CC2=O)cc1. The average Bonchev–Trinajstić information content (AvgIpc) is 2.97. The highest BCUT2D eigenvalue weighted by Gasteiger charge is 2.35. The molecule has 2 amide bonds. The summed E-state index contributed by atoms with van der Waals surface area (Å²) in [5.74, 6) is -1.68. The zero-order valence-electron chi connectivity index (χ0n) is 14.4. The van der Waals surface area contributed by atoms with Gasteiger partial charge in [0.1, 0.15) is 0 Å². The predicted octanol–water partition coefficient (Wildman–Crippen LogP) is 2.61. The van der Waals surface area contributed by atoms with E-state index in [9.17, 15) is 14.4 Å². The van der Waals surface area contributed by atoms with Gasteiger partial charge in [-0.15, -0.1) is 0 Å². The number of benzene rings is 2. The number of aliphatic carboxylic acids is 1. The van der Waals surface area contributed by atoms with E-state index in [0.29, 0.717) is 17.8 Å². The van der Waals surface area contributed by atoms with E-state index in [4.69, 9.17) is 5.11 Å². The molecule has 0 spiro atoms. The number of carbonyl (C=O) groups is 3. The number of amides is 2. The molecule has 1 saturated heterocycles. The number of carbonyl (C=O) groups excluding carboxylic acids is 2. The van der Waals surface area contributed by atoms with E-state index in [1.165, 1.54) is 0 Å². The zero-order valence-corrected chi connectivity index (χ0v) is 14.4. The van der Waals surface area contributed by atoms with Crippen LogP contribution < -0.4 is 10.2 Å². The van der Waals surface area contributed by atoms with Crippen LogP contribution in [0.5, 0.6) is 0 Å². The summed E-state index contributed by atoms with van der Waals surface area (Å²) in [6.45, 7) is 2.31. The van der Waals surface area contributed by atoms with Crippen molar-refractivity contribution >= 4 is 29.2 Å². The minimum Gasteiger partial charge on any atom is -0.481 e. The topological polar surface area (TPSA) is 86.7 Å². The van der Waals surface area contributed by atoms with E-state index in [1.54, 1.807) is 29.2 Å². The summed E-state index contributed by atoms with van der Waals surface area (Å²) >= 11 is 0. The molecule has 2 aromatic carbocycles. The van der Waals surface area contributed by atoms with Gasteiger partial charge in [0.05, 0.1) is 12.3 Å². The number of rotatable bonds is 5. The Bertz CT molecular complexity index is 845. The van der Waals surface area contributed by atoms with Gasteiger partial charge in [-0.3, -0.25) is 14.4 Å². The lowest BCUT2D eigenvalue weighted by Gasteiger charge is -2.17. The first-order valence-electron chi connectivity index (χ1n) is 8.41. The Morgan fingerprint density at radius 3 is 2.62 bits per heavy atom. The molecule has 2 aromatic rings.